The first-order valence-corrected chi connectivity index (χ1v) is 4.82. The van der Waals surface area contributed by atoms with Crippen LogP contribution in [0.1, 0.15) is 27.2 Å². The van der Waals surface area contributed by atoms with Crippen molar-refractivity contribution in [3.05, 3.63) is 11.3 Å². The lowest BCUT2D eigenvalue weighted by Crippen LogP contribution is -2.37. The third-order valence-electron chi connectivity index (χ3n) is 2.43. The Labute approximate surface area is 87.7 Å². The van der Waals surface area contributed by atoms with E-state index in [1.807, 2.05) is 0 Å². The van der Waals surface area contributed by atoms with E-state index in [0.717, 1.165) is 0 Å². The van der Waals surface area contributed by atoms with Crippen LogP contribution in [-0.4, -0.2) is 22.1 Å². The van der Waals surface area contributed by atoms with Gasteiger partial charge < -0.3 is 5.11 Å². The molecule has 0 aromatic rings. The highest BCUT2D eigenvalue weighted by atomic mass is 35.5. The maximum atomic E-state index is 11.5. The fourth-order valence-corrected chi connectivity index (χ4v) is 1.79. The van der Waals surface area contributed by atoms with E-state index in [-0.39, 0.29) is 23.5 Å². The zero-order valence-corrected chi connectivity index (χ0v) is 9.18. The topological polar surface area (TPSA) is 54.4 Å². The molecular formula is C10H13ClO3. The number of ketones is 2. The van der Waals surface area contributed by atoms with E-state index in [1.165, 1.54) is 6.92 Å². The second kappa shape index (κ2) is 3.39. The van der Waals surface area contributed by atoms with E-state index in [1.54, 1.807) is 13.8 Å². The summed E-state index contributed by atoms with van der Waals surface area (Å²) in [5.41, 5.74) is -0.633. The lowest BCUT2D eigenvalue weighted by Gasteiger charge is -2.33. The molecule has 1 aliphatic carbocycles. The van der Waals surface area contributed by atoms with Gasteiger partial charge in [0.1, 0.15) is 5.76 Å². The van der Waals surface area contributed by atoms with Gasteiger partial charge >= 0.3 is 0 Å². The number of aliphatic hydroxyl groups excluding tert-OH is 1. The van der Waals surface area contributed by atoms with Gasteiger partial charge in [0, 0.05) is 6.42 Å². The highest BCUT2D eigenvalue weighted by Crippen LogP contribution is 2.39. The van der Waals surface area contributed by atoms with Crippen molar-refractivity contribution in [3.8, 4) is 0 Å². The zero-order chi connectivity index (χ0) is 11.1. The molecule has 1 N–H and O–H groups in total. The van der Waals surface area contributed by atoms with Gasteiger partial charge in [-0.15, -0.1) is 11.6 Å². The molecule has 0 aromatic heterocycles. The van der Waals surface area contributed by atoms with Crippen LogP contribution in [0.2, 0.25) is 0 Å². The van der Waals surface area contributed by atoms with Gasteiger partial charge in [-0.3, -0.25) is 9.59 Å². The number of hydrogen-bond acceptors (Lipinski definition) is 3. The maximum absolute atomic E-state index is 11.5. The molecule has 0 radical (unpaired) electrons. The van der Waals surface area contributed by atoms with Crippen LogP contribution >= 0.6 is 11.6 Å². The first kappa shape index (κ1) is 11.2. The summed E-state index contributed by atoms with van der Waals surface area (Å²) in [7, 11) is 0. The normalized spacial score (nSPS) is 26.6. The lowest BCUT2D eigenvalue weighted by molar-refractivity contribution is -0.122. The predicted octanol–water partition coefficient (Wildman–Crippen LogP) is 1.99. The molecule has 78 valence electrons. The summed E-state index contributed by atoms with van der Waals surface area (Å²) in [5.74, 6) is -1.02. The van der Waals surface area contributed by atoms with E-state index >= 15 is 0 Å². The van der Waals surface area contributed by atoms with Gasteiger partial charge in [-0.1, -0.05) is 13.8 Å². The molecule has 1 atom stereocenters. The number of rotatable bonds is 1. The minimum absolute atomic E-state index is 0.135. The van der Waals surface area contributed by atoms with Gasteiger partial charge in [0.05, 0.1) is 11.0 Å². The lowest BCUT2D eigenvalue weighted by atomic mass is 9.75. The summed E-state index contributed by atoms with van der Waals surface area (Å²) in [4.78, 5) is 22.6. The molecule has 0 heterocycles. The van der Waals surface area contributed by atoms with E-state index in [4.69, 9.17) is 11.6 Å². The summed E-state index contributed by atoms with van der Waals surface area (Å²) in [5, 5.41) is 8.95. The molecule has 0 saturated carbocycles. The van der Waals surface area contributed by atoms with Crippen molar-refractivity contribution in [2.24, 2.45) is 5.41 Å². The van der Waals surface area contributed by atoms with Crippen LogP contribution in [0.5, 0.6) is 0 Å². The number of Topliss-reactive ketones (excluding diaryl/α,β-unsaturated/α-hetero) is 2. The molecule has 0 bridgehead atoms. The number of hydrogen-bond donors (Lipinski definition) is 1. The van der Waals surface area contributed by atoms with E-state index in [2.05, 4.69) is 0 Å². The Morgan fingerprint density at radius 3 is 2.50 bits per heavy atom. The highest BCUT2D eigenvalue weighted by Gasteiger charge is 2.42. The maximum Gasteiger partial charge on any atom is 0.170 e. The summed E-state index contributed by atoms with van der Waals surface area (Å²) in [6.45, 7) is 4.83. The molecule has 0 spiro atoms. The minimum atomic E-state index is -0.668. The quantitative estimate of drug-likeness (QED) is 0.539. The molecule has 14 heavy (non-hydrogen) atoms. The largest absolute Gasteiger partial charge is 0.510 e. The fourth-order valence-electron chi connectivity index (χ4n) is 1.61. The van der Waals surface area contributed by atoms with Crippen molar-refractivity contribution in [3.63, 3.8) is 0 Å². The number of allylic oxidation sites excluding steroid dienone is 2. The smallest absolute Gasteiger partial charge is 0.170 e. The van der Waals surface area contributed by atoms with E-state index < -0.39 is 16.6 Å². The molecule has 3 nitrogen and oxygen atoms in total. The van der Waals surface area contributed by atoms with Crippen LogP contribution in [-0.2, 0) is 9.59 Å². The number of halogens is 1. The molecule has 0 unspecified atom stereocenters. The molecule has 0 amide bonds. The number of carbonyl (C=O) groups is 2. The Morgan fingerprint density at radius 2 is 2.07 bits per heavy atom. The number of carbonyl (C=O) groups excluding carboxylic acids is 2. The summed E-state index contributed by atoms with van der Waals surface area (Å²) < 4.78 is 0. The van der Waals surface area contributed by atoms with Crippen LogP contribution in [0.25, 0.3) is 0 Å². The molecule has 0 aliphatic heterocycles. The molecule has 4 heteroatoms. The van der Waals surface area contributed by atoms with Crippen molar-refractivity contribution < 1.29 is 14.7 Å². The Morgan fingerprint density at radius 1 is 1.57 bits per heavy atom. The van der Waals surface area contributed by atoms with Crippen LogP contribution in [0.3, 0.4) is 0 Å². The fraction of sp³-hybridized carbons (Fsp3) is 0.600. The molecular weight excluding hydrogens is 204 g/mol. The van der Waals surface area contributed by atoms with E-state index in [9.17, 15) is 14.7 Å². The Balaban J connectivity index is 3.24. The van der Waals surface area contributed by atoms with Crippen molar-refractivity contribution >= 4 is 23.2 Å². The second-order valence-corrected chi connectivity index (χ2v) is 4.70. The first-order valence-electron chi connectivity index (χ1n) is 4.38. The van der Waals surface area contributed by atoms with Gasteiger partial charge in [-0.2, -0.15) is 0 Å². The number of aliphatic hydroxyl groups is 1. The minimum Gasteiger partial charge on any atom is -0.510 e. The molecule has 0 saturated heterocycles. The molecule has 0 aromatic carbocycles. The third-order valence-corrected chi connectivity index (χ3v) is 3.23. The predicted molar refractivity (Wildman–Crippen MR) is 53.4 cm³/mol. The van der Waals surface area contributed by atoms with Crippen LogP contribution < -0.4 is 0 Å². The van der Waals surface area contributed by atoms with Gasteiger partial charge in [0.15, 0.2) is 11.6 Å². The second-order valence-electron chi connectivity index (χ2n) is 4.27. The van der Waals surface area contributed by atoms with E-state index in [0.29, 0.717) is 0 Å². The zero-order valence-electron chi connectivity index (χ0n) is 8.43. The molecule has 0 fully saturated rings. The standard InChI is InChI=1S/C10H13ClO3/c1-5(12)7-6(13)4-10(2,3)9(11)8(7)14/h9,14H,4H2,1-3H3/t9-/m1/s1. The Hall–Kier alpha value is -0.830. The van der Waals surface area contributed by atoms with Crippen molar-refractivity contribution in [1.82, 2.24) is 0 Å². The monoisotopic (exact) mass is 216 g/mol. The van der Waals surface area contributed by atoms with Crippen LogP contribution in [0, 0.1) is 5.41 Å². The van der Waals surface area contributed by atoms with Gasteiger partial charge in [-0.05, 0) is 12.3 Å². The highest BCUT2D eigenvalue weighted by molar-refractivity contribution is 6.27. The number of alkyl halides is 1. The van der Waals surface area contributed by atoms with Crippen molar-refractivity contribution in [2.75, 3.05) is 0 Å². The van der Waals surface area contributed by atoms with Gasteiger partial charge in [-0.25, -0.2) is 0 Å². The van der Waals surface area contributed by atoms with Gasteiger partial charge in [0.25, 0.3) is 0 Å². The summed E-state index contributed by atoms with van der Waals surface area (Å²) in [6, 6.07) is 0. The third kappa shape index (κ3) is 1.69. The molecule has 1 rings (SSSR count). The van der Waals surface area contributed by atoms with Crippen LogP contribution in [0.4, 0.5) is 0 Å². The average molecular weight is 217 g/mol. The molecule has 1 aliphatic rings. The van der Waals surface area contributed by atoms with Crippen LogP contribution in [0.15, 0.2) is 11.3 Å². The Bertz CT molecular complexity index is 328. The first-order chi connectivity index (χ1) is 6.27. The van der Waals surface area contributed by atoms with Crippen molar-refractivity contribution in [2.45, 2.75) is 32.6 Å². The average Bonchev–Trinajstić information content (AvgIpc) is 1.98. The SMILES string of the molecule is CC(=O)C1=C(O)[C@@H](Cl)C(C)(C)CC1=O. The summed E-state index contributed by atoms with van der Waals surface area (Å²) >= 11 is 5.95. The summed E-state index contributed by atoms with van der Waals surface area (Å²) in [6.07, 6.45) is 0.195. The van der Waals surface area contributed by atoms with Crippen molar-refractivity contribution in [1.29, 1.82) is 0 Å². The Kier molecular flexibility index (Phi) is 2.72. The van der Waals surface area contributed by atoms with Gasteiger partial charge in [0.2, 0.25) is 0 Å².